The summed E-state index contributed by atoms with van der Waals surface area (Å²) in [7, 11) is 0. The highest BCUT2D eigenvalue weighted by atomic mass is 16.2. The van der Waals surface area contributed by atoms with E-state index in [4.69, 9.17) is 0 Å². The monoisotopic (exact) mass is 258 g/mol. The lowest BCUT2D eigenvalue weighted by molar-refractivity contribution is -0.128. The third-order valence-corrected chi connectivity index (χ3v) is 3.71. The molecule has 0 bridgehead atoms. The van der Waals surface area contributed by atoms with Gasteiger partial charge in [-0.15, -0.1) is 0 Å². The predicted octanol–water partition coefficient (Wildman–Crippen LogP) is 1.88. The van der Waals surface area contributed by atoms with E-state index >= 15 is 0 Å². The van der Waals surface area contributed by atoms with E-state index < -0.39 is 0 Å². The van der Waals surface area contributed by atoms with Gasteiger partial charge in [0.25, 0.3) is 0 Å². The molecule has 2 aromatic rings. The summed E-state index contributed by atoms with van der Waals surface area (Å²) in [4.78, 5) is 22.4. The fourth-order valence-electron chi connectivity index (χ4n) is 2.80. The van der Waals surface area contributed by atoms with Crippen LogP contribution in [-0.2, 0) is 11.3 Å². The molecule has 2 aromatic heterocycles. The Morgan fingerprint density at radius 2 is 2.32 bits per heavy atom. The molecule has 0 radical (unpaired) electrons. The Kier molecular flexibility index (Phi) is 3.19. The van der Waals surface area contributed by atoms with E-state index in [0.29, 0.717) is 24.7 Å². The van der Waals surface area contributed by atoms with E-state index in [1.54, 1.807) is 6.20 Å². The fraction of sp³-hybridized carbons (Fsp3) is 0.500. The summed E-state index contributed by atoms with van der Waals surface area (Å²) in [6, 6.07) is 1.88. The zero-order valence-corrected chi connectivity index (χ0v) is 11.1. The molecule has 1 amide bonds. The number of fused-ring (bicyclic) bond motifs is 1. The number of imidazole rings is 1. The summed E-state index contributed by atoms with van der Waals surface area (Å²) >= 11 is 0. The molecule has 5 heteroatoms. The van der Waals surface area contributed by atoms with Crippen LogP contribution in [0.4, 0.5) is 0 Å². The van der Waals surface area contributed by atoms with Gasteiger partial charge in [-0.3, -0.25) is 9.20 Å². The first-order chi connectivity index (χ1) is 9.28. The quantitative estimate of drug-likeness (QED) is 0.841. The Labute approximate surface area is 112 Å². The number of hydrogen-bond acceptors (Lipinski definition) is 3. The minimum atomic E-state index is 0.261. The maximum absolute atomic E-state index is 12.0. The molecule has 1 unspecified atom stereocenters. The van der Waals surface area contributed by atoms with Gasteiger partial charge in [0.15, 0.2) is 0 Å². The van der Waals surface area contributed by atoms with Crippen molar-refractivity contribution in [2.24, 2.45) is 5.92 Å². The van der Waals surface area contributed by atoms with Crippen molar-refractivity contribution in [2.45, 2.75) is 32.7 Å². The Hall–Kier alpha value is -1.91. The molecular weight excluding hydrogens is 240 g/mol. The van der Waals surface area contributed by atoms with E-state index in [1.165, 1.54) is 0 Å². The van der Waals surface area contributed by atoms with Crippen molar-refractivity contribution in [3.8, 4) is 0 Å². The summed E-state index contributed by atoms with van der Waals surface area (Å²) in [6.45, 7) is 3.68. The predicted molar refractivity (Wildman–Crippen MR) is 71.4 cm³/mol. The van der Waals surface area contributed by atoms with Crippen LogP contribution >= 0.6 is 0 Å². The standard InChI is InChI=1S/C14H18N4O/c1-2-4-11-7-13(19)17(9-11)10-12-8-16-14-15-5-3-6-18(12)14/h3,5-6,8,11H,2,4,7,9-10H2,1H3. The number of likely N-dealkylation sites (tertiary alicyclic amines) is 1. The van der Waals surface area contributed by atoms with Gasteiger partial charge < -0.3 is 4.90 Å². The van der Waals surface area contributed by atoms with Crippen LogP contribution in [0.3, 0.4) is 0 Å². The summed E-state index contributed by atoms with van der Waals surface area (Å²) in [5.41, 5.74) is 1.02. The molecule has 1 fully saturated rings. The molecule has 5 nitrogen and oxygen atoms in total. The van der Waals surface area contributed by atoms with E-state index in [0.717, 1.165) is 25.1 Å². The SMILES string of the molecule is CCCC1CC(=O)N(Cc2cnc3ncccn23)C1. The van der Waals surface area contributed by atoms with E-state index in [-0.39, 0.29) is 5.91 Å². The van der Waals surface area contributed by atoms with Gasteiger partial charge in [-0.1, -0.05) is 13.3 Å². The molecule has 0 spiro atoms. The first-order valence-electron chi connectivity index (χ1n) is 6.82. The average molecular weight is 258 g/mol. The van der Waals surface area contributed by atoms with Crippen molar-refractivity contribution in [2.75, 3.05) is 6.54 Å². The minimum Gasteiger partial charge on any atom is -0.337 e. The smallest absolute Gasteiger partial charge is 0.233 e. The van der Waals surface area contributed by atoms with Crippen LogP contribution in [0.5, 0.6) is 0 Å². The zero-order valence-electron chi connectivity index (χ0n) is 11.1. The van der Waals surface area contributed by atoms with Gasteiger partial charge in [0.2, 0.25) is 11.7 Å². The first kappa shape index (κ1) is 12.1. The maximum Gasteiger partial charge on any atom is 0.233 e. The molecule has 100 valence electrons. The van der Waals surface area contributed by atoms with Crippen LogP contribution in [0, 0.1) is 5.92 Å². The maximum atomic E-state index is 12.0. The van der Waals surface area contributed by atoms with Gasteiger partial charge in [0.05, 0.1) is 18.4 Å². The minimum absolute atomic E-state index is 0.261. The highest BCUT2D eigenvalue weighted by Crippen LogP contribution is 2.23. The fourth-order valence-corrected chi connectivity index (χ4v) is 2.80. The Bertz CT molecular complexity index is 592. The zero-order chi connectivity index (χ0) is 13.2. The number of carbonyl (C=O) groups is 1. The largest absolute Gasteiger partial charge is 0.337 e. The van der Waals surface area contributed by atoms with Crippen molar-refractivity contribution in [1.29, 1.82) is 0 Å². The molecule has 3 heterocycles. The second-order valence-electron chi connectivity index (χ2n) is 5.17. The van der Waals surface area contributed by atoms with Gasteiger partial charge in [0.1, 0.15) is 0 Å². The third kappa shape index (κ3) is 2.32. The van der Waals surface area contributed by atoms with Crippen molar-refractivity contribution in [3.05, 3.63) is 30.4 Å². The molecular formula is C14H18N4O. The number of nitrogens with zero attached hydrogens (tertiary/aromatic N) is 4. The average Bonchev–Trinajstić information content (AvgIpc) is 2.96. The second kappa shape index (κ2) is 4.99. The number of carbonyl (C=O) groups excluding carboxylic acids is 1. The van der Waals surface area contributed by atoms with Crippen LogP contribution in [0.25, 0.3) is 5.78 Å². The van der Waals surface area contributed by atoms with Gasteiger partial charge in [-0.05, 0) is 18.4 Å². The number of hydrogen-bond donors (Lipinski definition) is 0. The number of amides is 1. The molecule has 1 aliphatic rings. The van der Waals surface area contributed by atoms with Gasteiger partial charge in [-0.2, -0.15) is 0 Å². The second-order valence-corrected chi connectivity index (χ2v) is 5.17. The number of rotatable bonds is 4. The van der Waals surface area contributed by atoms with Crippen LogP contribution in [0.15, 0.2) is 24.7 Å². The molecule has 3 rings (SSSR count). The summed E-state index contributed by atoms with van der Waals surface area (Å²) in [6.07, 6.45) is 8.45. The summed E-state index contributed by atoms with van der Waals surface area (Å²) in [5, 5.41) is 0. The van der Waals surface area contributed by atoms with Gasteiger partial charge >= 0.3 is 0 Å². The lowest BCUT2D eigenvalue weighted by atomic mass is 10.0. The summed E-state index contributed by atoms with van der Waals surface area (Å²) in [5.74, 6) is 1.47. The first-order valence-corrected chi connectivity index (χ1v) is 6.82. The normalized spacial score (nSPS) is 19.5. The van der Waals surface area contributed by atoms with E-state index in [2.05, 4.69) is 16.9 Å². The lowest BCUT2D eigenvalue weighted by Gasteiger charge is -2.16. The Balaban J connectivity index is 1.76. The van der Waals surface area contributed by atoms with E-state index in [9.17, 15) is 4.79 Å². The molecule has 0 aromatic carbocycles. The van der Waals surface area contributed by atoms with Crippen molar-refractivity contribution < 1.29 is 4.79 Å². The molecule has 1 atom stereocenters. The molecule has 1 aliphatic heterocycles. The molecule has 0 aliphatic carbocycles. The third-order valence-electron chi connectivity index (χ3n) is 3.71. The van der Waals surface area contributed by atoms with Crippen LogP contribution in [-0.4, -0.2) is 31.7 Å². The summed E-state index contributed by atoms with van der Waals surface area (Å²) < 4.78 is 1.94. The van der Waals surface area contributed by atoms with Crippen molar-refractivity contribution in [3.63, 3.8) is 0 Å². The van der Waals surface area contributed by atoms with Crippen LogP contribution in [0.1, 0.15) is 31.9 Å². The van der Waals surface area contributed by atoms with Crippen molar-refractivity contribution in [1.82, 2.24) is 19.3 Å². The molecule has 0 saturated carbocycles. The highest BCUT2D eigenvalue weighted by molar-refractivity contribution is 5.78. The van der Waals surface area contributed by atoms with Gasteiger partial charge in [0, 0.05) is 25.4 Å². The number of aromatic nitrogens is 3. The molecule has 0 N–H and O–H groups in total. The van der Waals surface area contributed by atoms with Gasteiger partial charge in [-0.25, -0.2) is 9.97 Å². The molecule has 1 saturated heterocycles. The topological polar surface area (TPSA) is 50.5 Å². The lowest BCUT2D eigenvalue weighted by Crippen LogP contribution is -2.25. The van der Waals surface area contributed by atoms with Crippen molar-refractivity contribution >= 4 is 11.7 Å². The van der Waals surface area contributed by atoms with E-state index in [1.807, 2.05) is 27.8 Å². The Morgan fingerprint density at radius 1 is 1.42 bits per heavy atom. The van der Waals surface area contributed by atoms with Crippen LogP contribution < -0.4 is 0 Å². The Morgan fingerprint density at radius 3 is 3.16 bits per heavy atom. The highest BCUT2D eigenvalue weighted by Gasteiger charge is 2.29. The van der Waals surface area contributed by atoms with Crippen LogP contribution in [0.2, 0.25) is 0 Å². The molecule has 19 heavy (non-hydrogen) atoms.